The first-order valence-electron chi connectivity index (χ1n) is 8.34. The highest BCUT2D eigenvalue weighted by Crippen LogP contribution is 2.29. The largest absolute Gasteiger partial charge is 0.459 e. The second kappa shape index (κ2) is 8.08. The Morgan fingerprint density at radius 3 is 2.48 bits per heavy atom. The van der Waals surface area contributed by atoms with Crippen LogP contribution in [-0.2, 0) is 22.3 Å². The highest BCUT2D eigenvalue weighted by Gasteiger charge is 2.29. The quantitative estimate of drug-likeness (QED) is 0.576. The fourth-order valence-corrected chi connectivity index (χ4v) is 2.74. The first-order valence-corrected chi connectivity index (χ1v) is 8.72. The number of halogens is 4. The number of hydrogen-bond acceptors (Lipinski definition) is 4. The number of carbonyl (C=O) groups excluding carboxylic acids is 1. The minimum Gasteiger partial charge on any atom is -0.459 e. The number of ether oxygens (including phenoxy) is 1. The molecule has 150 valence electrons. The Kier molecular flexibility index (Phi) is 5.74. The number of pyridine rings is 1. The van der Waals surface area contributed by atoms with E-state index in [1.54, 1.807) is 12.1 Å². The van der Waals surface area contributed by atoms with E-state index in [1.807, 2.05) is 0 Å². The van der Waals surface area contributed by atoms with E-state index >= 15 is 0 Å². The first-order chi connectivity index (χ1) is 13.6. The molecule has 0 bridgehead atoms. The summed E-state index contributed by atoms with van der Waals surface area (Å²) < 4.78 is 44.3. The van der Waals surface area contributed by atoms with Crippen molar-refractivity contribution in [3.05, 3.63) is 80.4 Å². The molecule has 0 fully saturated rings. The summed E-state index contributed by atoms with van der Waals surface area (Å²) in [4.78, 5) is 28.4. The molecule has 0 aliphatic carbocycles. The predicted molar refractivity (Wildman–Crippen MR) is 102 cm³/mol. The van der Waals surface area contributed by atoms with E-state index < -0.39 is 23.3 Å². The standard InChI is InChI=1S/C20H14ClF3N2O3/c1-12(27)29-11-17-16(19(28)26-10-15(21)7-9-18(26)25-17)8-4-13-2-5-14(6-3-13)20(22,23)24/h2-10H,11H2,1H3/b8-4+. The van der Waals surface area contributed by atoms with Gasteiger partial charge >= 0.3 is 12.1 Å². The number of aromatic nitrogens is 2. The van der Waals surface area contributed by atoms with E-state index in [-0.39, 0.29) is 17.9 Å². The Morgan fingerprint density at radius 2 is 1.86 bits per heavy atom. The molecular weight excluding hydrogens is 409 g/mol. The van der Waals surface area contributed by atoms with E-state index in [4.69, 9.17) is 16.3 Å². The topological polar surface area (TPSA) is 60.7 Å². The van der Waals surface area contributed by atoms with Crippen LogP contribution in [-0.4, -0.2) is 15.4 Å². The summed E-state index contributed by atoms with van der Waals surface area (Å²) in [5, 5.41) is 0.326. The van der Waals surface area contributed by atoms with Crippen LogP contribution in [0.3, 0.4) is 0 Å². The van der Waals surface area contributed by atoms with Crippen molar-refractivity contribution in [1.29, 1.82) is 0 Å². The van der Waals surface area contributed by atoms with Gasteiger partial charge in [0.15, 0.2) is 0 Å². The lowest BCUT2D eigenvalue weighted by molar-refractivity contribution is -0.142. The van der Waals surface area contributed by atoms with Crippen molar-refractivity contribution in [2.24, 2.45) is 0 Å². The minimum atomic E-state index is -4.43. The summed E-state index contributed by atoms with van der Waals surface area (Å²) in [5.74, 6) is -0.541. The monoisotopic (exact) mass is 422 g/mol. The molecule has 2 heterocycles. The molecule has 0 saturated carbocycles. The van der Waals surface area contributed by atoms with Gasteiger partial charge < -0.3 is 4.74 Å². The Hall–Kier alpha value is -3.13. The molecule has 29 heavy (non-hydrogen) atoms. The normalized spacial score (nSPS) is 11.9. The average Bonchev–Trinajstić information content (AvgIpc) is 2.66. The van der Waals surface area contributed by atoms with Gasteiger partial charge in [-0.25, -0.2) is 4.98 Å². The summed E-state index contributed by atoms with van der Waals surface area (Å²) >= 11 is 5.94. The third-order valence-corrected chi connectivity index (χ3v) is 4.22. The van der Waals surface area contributed by atoms with Crippen molar-refractivity contribution < 1.29 is 22.7 Å². The minimum absolute atomic E-state index is 0.130. The summed E-state index contributed by atoms with van der Waals surface area (Å²) in [6.45, 7) is 1.00. The molecule has 0 aliphatic heterocycles. The average molecular weight is 423 g/mol. The van der Waals surface area contributed by atoms with Crippen LogP contribution in [0.1, 0.15) is 29.3 Å². The number of benzene rings is 1. The molecule has 0 aliphatic rings. The van der Waals surface area contributed by atoms with Gasteiger partial charge in [0.05, 0.1) is 21.8 Å². The lowest BCUT2D eigenvalue weighted by Gasteiger charge is -2.09. The maximum atomic E-state index is 12.9. The number of alkyl halides is 3. The van der Waals surface area contributed by atoms with Gasteiger partial charge in [-0.05, 0) is 35.9 Å². The van der Waals surface area contributed by atoms with E-state index in [0.717, 1.165) is 12.1 Å². The van der Waals surface area contributed by atoms with Crippen LogP contribution in [0.5, 0.6) is 0 Å². The van der Waals surface area contributed by atoms with Crippen LogP contribution >= 0.6 is 11.6 Å². The van der Waals surface area contributed by atoms with Crippen molar-refractivity contribution in [2.75, 3.05) is 0 Å². The zero-order valence-corrected chi connectivity index (χ0v) is 15.8. The van der Waals surface area contributed by atoms with Gasteiger partial charge in [-0.1, -0.05) is 29.8 Å². The van der Waals surface area contributed by atoms with Gasteiger partial charge in [-0.15, -0.1) is 0 Å². The first kappa shape index (κ1) is 20.6. The van der Waals surface area contributed by atoms with E-state index in [1.165, 1.54) is 41.8 Å². The van der Waals surface area contributed by atoms with Crippen molar-refractivity contribution in [1.82, 2.24) is 9.38 Å². The highest BCUT2D eigenvalue weighted by atomic mass is 35.5. The van der Waals surface area contributed by atoms with E-state index in [2.05, 4.69) is 4.98 Å². The summed E-state index contributed by atoms with van der Waals surface area (Å²) in [6, 6.07) is 7.58. The Morgan fingerprint density at radius 1 is 1.17 bits per heavy atom. The van der Waals surface area contributed by atoms with Crippen molar-refractivity contribution in [3.8, 4) is 0 Å². The SMILES string of the molecule is CC(=O)OCc1nc2ccc(Cl)cn2c(=O)c1/C=C/c1ccc(C(F)(F)F)cc1. The molecule has 0 atom stereocenters. The summed E-state index contributed by atoms with van der Waals surface area (Å²) in [7, 11) is 0. The maximum absolute atomic E-state index is 12.9. The van der Waals surface area contributed by atoms with Crippen LogP contribution in [0.15, 0.2) is 47.4 Å². The van der Waals surface area contributed by atoms with Gasteiger partial charge in [-0.2, -0.15) is 13.2 Å². The zero-order chi connectivity index (χ0) is 21.2. The van der Waals surface area contributed by atoms with Gasteiger partial charge in [0, 0.05) is 13.1 Å². The number of fused-ring (bicyclic) bond motifs is 1. The molecule has 0 radical (unpaired) electrons. The molecule has 1 aromatic carbocycles. The van der Waals surface area contributed by atoms with Crippen LogP contribution in [0.2, 0.25) is 5.02 Å². The maximum Gasteiger partial charge on any atom is 0.416 e. The number of carbonyl (C=O) groups is 1. The Bertz CT molecular complexity index is 1150. The second-order valence-electron chi connectivity index (χ2n) is 6.09. The lowest BCUT2D eigenvalue weighted by atomic mass is 10.1. The van der Waals surface area contributed by atoms with Crippen LogP contribution in [0, 0.1) is 0 Å². The van der Waals surface area contributed by atoms with Crippen LogP contribution < -0.4 is 5.56 Å². The number of hydrogen-bond donors (Lipinski definition) is 0. The van der Waals surface area contributed by atoms with Crippen molar-refractivity contribution >= 4 is 35.4 Å². The van der Waals surface area contributed by atoms with Gasteiger partial charge in [-0.3, -0.25) is 14.0 Å². The molecule has 0 unspecified atom stereocenters. The van der Waals surface area contributed by atoms with Crippen LogP contribution in [0.4, 0.5) is 13.2 Å². The summed E-state index contributed by atoms with van der Waals surface area (Å²) in [5.41, 5.74) is -0.114. The zero-order valence-electron chi connectivity index (χ0n) is 15.0. The van der Waals surface area contributed by atoms with E-state index in [9.17, 15) is 22.8 Å². The Balaban J connectivity index is 2.04. The molecule has 0 spiro atoms. The van der Waals surface area contributed by atoms with E-state index in [0.29, 0.717) is 16.2 Å². The molecule has 9 heteroatoms. The number of nitrogens with zero attached hydrogens (tertiary/aromatic N) is 2. The summed E-state index contributed by atoms with van der Waals surface area (Å²) in [6.07, 6.45) is -0.131. The molecular formula is C20H14ClF3N2O3. The van der Waals surface area contributed by atoms with Crippen molar-refractivity contribution in [2.45, 2.75) is 19.7 Å². The molecule has 5 nitrogen and oxygen atoms in total. The molecule has 0 N–H and O–H groups in total. The second-order valence-corrected chi connectivity index (χ2v) is 6.52. The third-order valence-electron chi connectivity index (χ3n) is 3.99. The van der Waals surface area contributed by atoms with Gasteiger partial charge in [0.25, 0.3) is 5.56 Å². The Labute approximate surface area is 168 Å². The van der Waals surface area contributed by atoms with Crippen LogP contribution in [0.25, 0.3) is 17.8 Å². The molecule has 3 rings (SSSR count). The smallest absolute Gasteiger partial charge is 0.416 e. The number of esters is 1. The predicted octanol–water partition coefficient (Wildman–Crippen LogP) is 4.60. The van der Waals surface area contributed by atoms with Gasteiger partial charge in [0.2, 0.25) is 0 Å². The fraction of sp³-hybridized carbons (Fsp3) is 0.150. The highest BCUT2D eigenvalue weighted by molar-refractivity contribution is 6.30. The molecule has 0 amide bonds. The van der Waals surface area contributed by atoms with Gasteiger partial charge in [0.1, 0.15) is 12.3 Å². The third kappa shape index (κ3) is 4.83. The molecule has 2 aromatic heterocycles. The van der Waals surface area contributed by atoms with Crippen molar-refractivity contribution in [3.63, 3.8) is 0 Å². The molecule has 0 saturated heterocycles. The lowest BCUT2D eigenvalue weighted by Crippen LogP contribution is -2.21. The number of rotatable bonds is 4. The molecule has 3 aromatic rings. The fourth-order valence-electron chi connectivity index (χ4n) is 2.58.